The Morgan fingerprint density at radius 1 is 1.00 bits per heavy atom. The van der Waals surface area contributed by atoms with Crippen LogP contribution < -0.4 is 28.7 Å². The number of para-hydroxylation sites is 2. The lowest BCUT2D eigenvalue weighted by Crippen LogP contribution is -3.00. The van der Waals surface area contributed by atoms with Crippen LogP contribution in [0.15, 0.2) is 54.6 Å². The van der Waals surface area contributed by atoms with E-state index in [-0.39, 0.29) is 30.0 Å². The van der Waals surface area contributed by atoms with Crippen LogP contribution in [0.3, 0.4) is 0 Å². The van der Waals surface area contributed by atoms with E-state index in [1.807, 2.05) is 23.9 Å². The maximum absolute atomic E-state index is 4.60. The van der Waals surface area contributed by atoms with Crippen molar-refractivity contribution in [3.05, 3.63) is 60.2 Å². The van der Waals surface area contributed by atoms with Gasteiger partial charge in [0, 0.05) is 0 Å². The molecular weight excluding hydrogens is 349 g/mol. The van der Waals surface area contributed by atoms with Gasteiger partial charge in [-0.2, -0.15) is 0 Å². The number of halogens is 1. The van der Waals surface area contributed by atoms with Crippen molar-refractivity contribution < 1.29 is 28.7 Å². The molecule has 0 radical (unpaired) electrons. The lowest BCUT2D eigenvalue weighted by Gasteiger charge is -2.06. The number of rotatable bonds is 2. The summed E-state index contributed by atoms with van der Waals surface area (Å²) in [7, 11) is 1.98. The maximum atomic E-state index is 4.60. The van der Waals surface area contributed by atoms with Gasteiger partial charge in [-0.05, 0) is 24.6 Å². The first-order valence-electron chi connectivity index (χ1n) is 6.16. The Bertz CT molecular complexity index is 676. The molecule has 0 amide bonds. The molecule has 3 aromatic rings. The number of aryl methyl sites for hydroxylation is 1. The van der Waals surface area contributed by atoms with Gasteiger partial charge in [-0.15, -0.1) is 9.36 Å². The number of hydrogen-bond acceptors (Lipinski definition) is 1. The van der Waals surface area contributed by atoms with Crippen LogP contribution in [0.25, 0.3) is 11.0 Å². The third-order valence-electron chi connectivity index (χ3n) is 3.36. The zero-order valence-electron chi connectivity index (χ0n) is 11.0. The van der Waals surface area contributed by atoms with Crippen molar-refractivity contribution in [3.63, 3.8) is 0 Å². The van der Waals surface area contributed by atoms with E-state index in [0.29, 0.717) is 0 Å². The molecule has 0 saturated carbocycles. The average Bonchev–Trinajstić information content (AvgIpc) is 2.77. The molecule has 0 N–H and O–H groups in total. The Hall–Kier alpha value is -1.43. The molecule has 1 heterocycles. The number of benzene rings is 2. The quantitative estimate of drug-likeness (QED) is 0.442. The van der Waals surface area contributed by atoms with E-state index in [1.165, 1.54) is 5.56 Å². The molecule has 98 valence electrons. The fourth-order valence-electron chi connectivity index (χ4n) is 2.33. The molecule has 3 rings (SSSR count). The molecule has 3 nitrogen and oxygen atoms in total. The predicted octanol–water partition coefficient (Wildman–Crippen LogP) is -0.526. The third kappa shape index (κ3) is 2.49. The van der Waals surface area contributed by atoms with Gasteiger partial charge < -0.3 is 24.0 Å². The summed E-state index contributed by atoms with van der Waals surface area (Å²) in [4.78, 5) is 0. The summed E-state index contributed by atoms with van der Waals surface area (Å²) < 4.78 is 4.00. The SMILES string of the molecule is CC(c1ccccc1)n1n[n+](C)c2ccccc21.[I-]. The summed E-state index contributed by atoms with van der Waals surface area (Å²) >= 11 is 0. The summed E-state index contributed by atoms with van der Waals surface area (Å²) in [5.41, 5.74) is 3.59. The van der Waals surface area contributed by atoms with Crippen molar-refractivity contribution in [2.75, 3.05) is 0 Å². The second kappa shape index (κ2) is 5.69. The lowest BCUT2D eigenvalue weighted by atomic mass is 10.1. The molecule has 0 bridgehead atoms. The van der Waals surface area contributed by atoms with Gasteiger partial charge in [0.05, 0.1) is 5.21 Å². The van der Waals surface area contributed by atoms with E-state index in [0.717, 1.165) is 11.0 Å². The molecular formula is C15H16IN3. The Morgan fingerprint density at radius 2 is 1.63 bits per heavy atom. The summed E-state index contributed by atoms with van der Waals surface area (Å²) in [6, 6.07) is 19.0. The fraction of sp³-hybridized carbons (Fsp3) is 0.200. The topological polar surface area (TPSA) is 21.7 Å². The number of aromatic nitrogens is 3. The Morgan fingerprint density at radius 3 is 2.37 bits per heavy atom. The lowest BCUT2D eigenvalue weighted by molar-refractivity contribution is -0.709. The number of fused-ring (bicyclic) bond motifs is 1. The molecule has 1 unspecified atom stereocenters. The number of nitrogens with zero attached hydrogens (tertiary/aromatic N) is 3. The zero-order valence-corrected chi connectivity index (χ0v) is 13.2. The minimum atomic E-state index is 0. The largest absolute Gasteiger partial charge is 1.00 e. The molecule has 0 aliphatic carbocycles. The van der Waals surface area contributed by atoms with Crippen molar-refractivity contribution in [1.82, 2.24) is 9.90 Å². The Labute approximate surface area is 129 Å². The smallest absolute Gasteiger partial charge is 0.198 e. The first kappa shape index (κ1) is 14.0. The summed E-state index contributed by atoms with van der Waals surface area (Å²) in [5, 5.41) is 4.60. The molecule has 0 aliphatic rings. The van der Waals surface area contributed by atoms with Crippen LogP contribution >= 0.6 is 0 Å². The van der Waals surface area contributed by atoms with E-state index in [2.05, 4.69) is 59.3 Å². The van der Waals surface area contributed by atoms with Crippen LogP contribution in [0.1, 0.15) is 18.5 Å². The average molecular weight is 365 g/mol. The molecule has 1 atom stereocenters. The highest BCUT2D eigenvalue weighted by Gasteiger charge is 2.21. The zero-order chi connectivity index (χ0) is 12.5. The van der Waals surface area contributed by atoms with Crippen LogP contribution in [0.4, 0.5) is 0 Å². The normalized spacial score (nSPS) is 12.1. The first-order valence-corrected chi connectivity index (χ1v) is 6.16. The van der Waals surface area contributed by atoms with Crippen LogP contribution in [-0.4, -0.2) is 9.90 Å². The molecule has 4 heteroatoms. The molecule has 0 fully saturated rings. The van der Waals surface area contributed by atoms with Crippen LogP contribution in [0.2, 0.25) is 0 Å². The predicted molar refractivity (Wildman–Crippen MR) is 71.2 cm³/mol. The molecule has 0 saturated heterocycles. The minimum absolute atomic E-state index is 0. The third-order valence-corrected chi connectivity index (χ3v) is 3.36. The van der Waals surface area contributed by atoms with Gasteiger partial charge in [0.15, 0.2) is 11.0 Å². The summed E-state index contributed by atoms with van der Waals surface area (Å²) in [6.45, 7) is 2.18. The monoisotopic (exact) mass is 365 g/mol. The molecule has 19 heavy (non-hydrogen) atoms. The maximum Gasteiger partial charge on any atom is 0.198 e. The standard InChI is InChI=1S/C15H16N3.HI/c1-12(13-8-4-3-5-9-13)18-15-11-7-6-10-14(15)17(2)16-18;/h3-12H,1-2H3;1H/q+1;/p-1. The Balaban J connectivity index is 0.00000133. The van der Waals surface area contributed by atoms with E-state index in [4.69, 9.17) is 0 Å². The van der Waals surface area contributed by atoms with Crippen molar-refractivity contribution in [2.24, 2.45) is 7.05 Å². The van der Waals surface area contributed by atoms with E-state index >= 15 is 0 Å². The molecule has 1 aromatic heterocycles. The molecule has 2 aromatic carbocycles. The number of hydrogen-bond donors (Lipinski definition) is 0. The first-order chi connectivity index (χ1) is 8.77. The van der Waals surface area contributed by atoms with Gasteiger partial charge in [-0.1, -0.05) is 42.5 Å². The van der Waals surface area contributed by atoms with Crippen molar-refractivity contribution in [2.45, 2.75) is 13.0 Å². The van der Waals surface area contributed by atoms with Crippen molar-refractivity contribution in [1.29, 1.82) is 0 Å². The minimum Gasteiger partial charge on any atom is -1.00 e. The summed E-state index contributed by atoms with van der Waals surface area (Å²) in [6.07, 6.45) is 0. The van der Waals surface area contributed by atoms with Gasteiger partial charge in [0.1, 0.15) is 13.1 Å². The fourth-order valence-corrected chi connectivity index (χ4v) is 2.33. The van der Waals surface area contributed by atoms with E-state index < -0.39 is 0 Å². The highest BCUT2D eigenvalue weighted by molar-refractivity contribution is 5.71. The van der Waals surface area contributed by atoms with Gasteiger partial charge >= 0.3 is 0 Å². The van der Waals surface area contributed by atoms with Gasteiger partial charge in [0.2, 0.25) is 0 Å². The van der Waals surface area contributed by atoms with Gasteiger partial charge in [-0.3, -0.25) is 0 Å². The Kier molecular flexibility index (Phi) is 4.19. The van der Waals surface area contributed by atoms with Crippen LogP contribution in [0.5, 0.6) is 0 Å². The van der Waals surface area contributed by atoms with Gasteiger partial charge in [0.25, 0.3) is 0 Å². The van der Waals surface area contributed by atoms with Crippen molar-refractivity contribution in [3.8, 4) is 0 Å². The van der Waals surface area contributed by atoms with Crippen LogP contribution in [0, 0.1) is 0 Å². The second-order valence-corrected chi connectivity index (χ2v) is 4.53. The van der Waals surface area contributed by atoms with Gasteiger partial charge in [-0.25, -0.2) is 0 Å². The van der Waals surface area contributed by atoms with E-state index in [9.17, 15) is 0 Å². The van der Waals surface area contributed by atoms with Crippen molar-refractivity contribution >= 4 is 11.0 Å². The highest BCUT2D eigenvalue weighted by Crippen LogP contribution is 2.20. The molecule has 0 aliphatic heterocycles. The van der Waals surface area contributed by atoms with E-state index in [1.54, 1.807) is 0 Å². The molecule has 0 spiro atoms. The highest BCUT2D eigenvalue weighted by atomic mass is 127. The van der Waals surface area contributed by atoms with Crippen LogP contribution in [-0.2, 0) is 7.05 Å². The summed E-state index contributed by atoms with van der Waals surface area (Å²) in [5.74, 6) is 0. The second-order valence-electron chi connectivity index (χ2n) is 4.53.